The van der Waals surface area contributed by atoms with Crippen LogP contribution in [0.2, 0.25) is 0 Å². The van der Waals surface area contributed by atoms with Crippen molar-refractivity contribution in [2.75, 3.05) is 0 Å². The van der Waals surface area contributed by atoms with Crippen LogP contribution in [-0.4, -0.2) is 19.4 Å². The largest absolute Gasteiger partial charge is 0.507 e. The third-order valence-corrected chi connectivity index (χ3v) is 3.78. The minimum absolute atomic E-state index is 0.0123. The second kappa shape index (κ2) is 5.94. The molecule has 2 aromatic carbocycles. The fourth-order valence-electron chi connectivity index (χ4n) is 1.74. The predicted octanol–water partition coefficient (Wildman–Crippen LogP) is 0.970. The van der Waals surface area contributed by atoms with Crippen molar-refractivity contribution in [3.05, 3.63) is 59.7 Å². The summed E-state index contributed by atoms with van der Waals surface area (Å²) in [6.45, 7) is 0.206. The third kappa shape index (κ3) is 3.80. The molecule has 0 saturated carbocycles. The van der Waals surface area contributed by atoms with Gasteiger partial charge in [0.2, 0.25) is 10.0 Å². The van der Waals surface area contributed by atoms with Crippen molar-refractivity contribution >= 4 is 15.9 Å². The van der Waals surface area contributed by atoms with Crippen molar-refractivity contribution in [3.63, 3.8) is 0 Å². The van der Waals surface area contributed by atoms with Crippen LogP contribution in [0.3, 0.4) is 0 Å². The first-order chi connectivity index (χ1) is 9.88. The van der Waals surface area contributed by atoms with Gasteiger partial charge in [-0.15, -0.1) is 0 Å². The lowest BCUT2D eigenvalue weighted by molar-refractivity contribution is 0.0948. The van der Waals surface area contributed by atoms with E-state index in [1.807, 2.05) is 0 Å². The van der Waals surface area contributed by atoms with Crippen molar-refractivity contribution in [2.45, 2.75) is 11.4 Å². The number of rotatable bonds is 4. The summed E-state index contributed by atoms with van der Waals surface area (Å²) in [6.07, 6.45) is 0. The van der Waals surface area contributed by atoms with Crippen LogP contribution in [0, 0.1) is 0 Å². The van der Waals surface area contributed by atoms with Crippen LogP contribution in [0.15, 0.2) is 53.4 Å². The van der Waals surface area contributed by atoms with Gasteiger partial charge >= 0.3 is 0 Å². The summed E-state index contributed by atoms with van der Waals surface area (Å²) in [5.74, 6) is -0.511. The van der Waals surface area contributed by atoms with Crippen molar-refractivity contribution < 1.29 is 18.3 Å². The fourth-order valence-corrected chi connectivity index (χ4v) is 2.26. The van der Waals surface area contributed by atoms with E-state index >= 15 is 0 Å². The molecule has 0 atom stereocenters. The molecule has 0 spiro atoms. The van der Waals surface area contributed by atoms with Crippen LogP contribution in [0.25, 0.3) is 0 Å². The second-order valence-corrected chi connectivity index (χ2v) is 5.95. The van der Waals surface area contributed by atoms with Gasteiger partial charge in [0.1, 0.15) is 5.75 Å². The first kappa shape index (κ1) is 15.0. The van der Waals surface area contributed by atoms with E-state index in [1.54, 1.807) is 24.3 Å². The maximum Gasteiger partial charge on any atom is 0.255 e. The molecule has 0 unspecified atom stereocenters. The highest BCUT2D eigenvalue weighted by Gasteiger charge is 2.10. The maximum atomic E-state index is 11.9. The van der Waals surface area contributed by atoms with Crippen molar-refractivity contribution in [2.24, 2.45) is 5.14 Å². The van der Waals surface area contributed by atoms with E-state index in [0.717, 1.165) is 0 Å². The van der Waals surface area contributed by atoms with Gasteiger partial charge in [0.05, 0.1) is 10.5 Å². The van der Waals surface area contributed by atoms with Gasteiger partial charge in [-0.05, 0) is 29.8 Å². The first-order valence-electron chi connectivity index (χ1n) is 6.06. The molecule has 0 aliphatic rings. The molecule has 0 heterocycles. The van der Waals surface area contributed by atoms with Gasteiger partial charge in [-0.2, -0.15) is 0 Å². The zero-order valence-corrected chi connectivity index (χ0v) is 11.8. The summed E-state index contributed by atoms with van der Waals surface area (Å²) in [5, 5.41) is 17.2. The minimum Gasteiger partial charge on any atom is -0.507 e. The molecule has 0 saturated heterocycles. The molecule has 0 aliphatic heterocycles. The average Bonchev–Trinajstić information content (AvgIpc) is 2.45. The number of hydrogen-bond donors (Lipinski definition) is 3. The minimum atomic E-state index is -3.72. The van der Waals surface area contributed by atoms with Gasteiger partial charge in [-0.25, -0.2) is 13.6 Å². The van der Waals surface area contributed by atoms with Crippen LogP contribution in [0.1, 0.15) is 15.9 Å². The third-order valence-electron chi connectivity index (χ3n) is 2.85. The van der Waals surface area contributed by atoms with E-state index in [9.17, 15) is 18.3 Å². The number of para-hydroxylation sites is 1. The number of primary sulfonamides is 1. The number of nitrogens with two attached hydrogens (primary N) is 1. The Bertz CT molecular complexity index is 755. The lowest BCUT2D eigenvalue weighted by Gasteiger charge is -2.07. The molecule has 0 bridgehead atoms. The molecular weight excluding hydrogens is 292 g/mol. The Labute approximate surface area is 122 Å². The highest BCUT2D eigenvalue weighted by Crippen LogP contribution is 2.15. The number of benzene rings is 2. The molecule has 0 radical (unpaired) electrons. The number of phenols is 1. The highest BCUT2D eigenvalue weighted by atomic mass is 32.2. The molecule has 110 valence electrons. The van der Waals surface area contributed by atoms with Crippen LogP contribution < -0.4 is 10.5 Å². The SMILES string of the molecule is NS(=O)(=O)c1ccc(CNC(=O)c2ccccc2O)cc1. The second-order valence-electron chi connectivity index (χ2n) is 4.39. The number of carbonyl (C=O) groups excluding carboxylic acids is 1. The lowest BCUT2D eigenvalue weighted by Crippen LogP contribution is -2.22. The Kier molecular flexibility index (Phi) is 4.25. The van der Waals surface area contributed by atoms with E-state index in [0.29, 0.717) is 5.56 Å². The monoisotopic (exact) mass is 306 g/mol. The van der Waals surface area contributed by atoms with Crippen LogP contribution in [-0.2, 0) is 16.6 Å². The number of nitrogens with one attached hydrogen (secondary N) is 1. The number of carbonyl (C=O) groups is 1. The molecule has 6 nitrogen and oxygen atoms in total. The van der Waals surface area contributed by atoms with Gasteiger partial charge < -0.3 is 10.4 Å². The van der Waals surface area contributed by atoms with Crippen LogP contribution in [0.5, 0.6) is 5.75 Å². The van der Waals surface area contributed by atoms with Crippen molar-refractivity contribution in [1.29, 1.82) is 0 Å². The predicted molar refractivity (Wildman–Crippen MR) is 77.1 cm³/mol. The zero-order chi connectivity index (χ0) is 15.5. The Morgan fingerprint density at radius 1 is 1.10 bits per heavy atom. The van der Waals surface area contributed by atoms with Gasteiger partial charge in [0.25, 0.3) is 5.91 Å². The summed E-state index contributed by atoms with van der Waals surface area (Å²) in [6, 6.07) is 12.1. The van der Waals surface area contributed by atoms with E-state index in [4.69, 9.17) is 5.14 Å². The van der Waals surface area contributed by atoms with Crippen LogP contribution in [0.4, 0.5) is 0 Å². The number of hydrogen-bond acceptors (Lipinski definition) is 4. The molecule has 0 aliphatic carbocycles. The van der Waals surface area contributed by atoms with E-state index in [2.05, 4.69) is 5.32 Å². The Balaban J connectivity index is 2.04. The first-order valence-corrected chi connectivity index (χ1v) is 7.60. The molecular formula is C14H14N2O4S. The number of sulfonamides is 1. The smallest absolute Gasteiger partial charge is 0.255 e. The zero-order valence-electron chi connectivity index (χ0n) is 11.0. The van der Waals surface area contributed by atoms with E-state index in [-0.39, 0.29) is 22.8 Å². The molecule has 4 N–H and O–H groups in total. The molecule has 7 heteroatoms. The summed E-state index contributed by atoms with van der Waals surface area (Å²) in [5.41, 5.74) is 0.893. The summed E-state index contributed by atoms with van der Waals surface area (Å²) >= 11 is 0. The summed E-state index contributed by atoms with van der Waals surface area (Å²) < 4.78 is 22.2. The summed E-state index contributed by atoms with van der Waals surface area (Å²) in [4.78, 5) is 11.9. The van der Waals surface area contributed by atoms with E-state index in [1.165, 1.54) is 24.3 Å². The van der Waals surface area contributed by atoms with Gasteiger partial charge in [0, 0.05) is 6.54 Å². The number of amides is 1. The van der Waals surface area contributed by atoms with E-state index < -0.39 is 15.9 Å². The van der Waals surface area contributed by atoms with Gasteiger partial charge in [-0.3, -0.25) is 4.79 Å². The topological polar surface area (TPSA) is 109 Å². The average molecular weight is 306 g/mol. The van der Waals surface area contributed by atoms with Gasteiger partial charge in [-0.1, -0.05) is 24.3 Å². The lowest BCUT2D eigenvalue weighted by atomic mass is 10.1. The quantitative estimate of drug-likeness (QED) is 0.781. The summed E-state index contributed by atoms with van der Waals surface area (Å²) in [7, 11) is -3.72. The standard InChI is InChI=1S/C14H14N2O4S/c15-21(19,20)11-7-5-10(6-8-11)9-16-14(18)12-3-1-2-4-13(12)17/h1-8,17H,9H2,(H,16,18)(H2,15,19,20). The maximum absolute atomic E-state index is 11.9. The highest BCUT2D eigenvalue weighted by molar-refractivity contribution is 7.89. The molecule has 21 heavy (non-hydrogen) atoms. The molecule has 0 fully saturated rings. The molecule has 0 aromatic heterocycles. The van der Waals surface area contributed by atoms with Crippen molar-refractivity contribution in [1.82, 2.24) is 5.32 Å². The molecule has 1 amide bonds. The Morgan fingerprint density at radius 2 is 1.71 bits per heavy atom. The fraction of sp³-hybridized carbons (Fsp3) is 0.0714. The molecule has 2 aromatic rings. The number of phenolic OH excluding ortho intramolecular Hbond substituents is 1. The Morgan fingerprint density at radius 3 is 2.29 bits per heavy atom. The normalized spacial score (nSPS) is 11.1. The van der Waals surface area contributed by atoms with Crippen LogP contribution >= 0.6 is 0 Å². The van der Waals surface area contributed by atoms with Gasteiger partial charge in [0.15, 0.2) is 0 Å². The van der Waals surface area contributed by atoms with Crippen molar-refractivity contribution in [3.8, 4) is 5.75 Å². The Hall–Kier alpha value is -2.38. The molecule has 2 rings (SSSR count). The number of aromatic hydroxyl groups is 1.